The highest BCUT2D eigenvalue weighted by Crippen LogP contribution is 2.15. The zero-order chi connectivity index (χ0) is 36.8. The molecule has 290 valence electrons. The molecule has 0 aliphatic rings. The van der Waals surface area contributed by atoms with Gasteiger partial charge in [0.25, 0.3) is 0 Å². The fourth-order valence-corrected chi connectivity index (χ4v) is 5.64. The predicted molar refractivity (Wildman–Crippen MR) is 211 cm³/mol. The topological polar surface area (TPSA) is 93.1 Å². The second kappa shape index (κ2) is 38.1. The number of carbonyl (C=O) groups is 2. The summed E-state index contributed by atoms with van der Waals surface area (Å²) in [4.78, 5) is 23.9. The Hall–Kier alpha value is -2.18. The molecule has 0 bridgehead atoms. The molecule has 0 saturated carbocycles. The molecule has 0 aromatic rings. The SMILES string of the molecule is CCCCC/C=C\C=C/[C@@H](O)C/C=C\C/C=C/CCCC(=O)OC[C@@H](O)COC(=O)CCCCCCCCCCCCCCCCCC(C)C. The Bertz CT molecular complexity index is 874. The molecule has 0 aromatic carbocycles. The largest absolute Gasteiger partial charge is 0.463 e. The molecule has 0 rings (SSSR count). The number of ether oxygens (including phenoxy) is 2. The van der Waals surface area contributed by atoms with Crippen LogP contribution in [0.1, 0.15) is 188 Å². The van der Waals surface area contributed by atoms with Crippen molar-refractivity contribution >= 4 is 11.9 Å². The predicted octanol–water partition coefficient (Wildman–Crippen LogP) is 11.8. The van der Waals surface area contributed by atoms with Crippen LogP contribution < -0.4 is 0 Å². The number of hydrogen-bond acceptors (Lipinski definition) is 6. The van der Waals surface area contributed by atoms with Crippen molar-refractivity contribution in [1.29, 1.82) is 0 Å². The van der Waals surface area contributed by atoms with Crippen LogP contribution in [0, 0.1) is 5.92 Å². The van der Waals surface area contributed by atoms with Crippen LogP contribution in [-0.4, -0.2) is 47.6 Å². The van der Waals surface area contributed by atoms with Gasteiger partial charge in [-0.25, -0.2) is 0 Å². The summed E-state index contributed by atoms with van der Waals surface area (Å²) in [5.41, 5.74) is 0. The molecule has 0 heterocycles. The molecular weight excluding hydrogens is 624 g/mol. The Balaban J connectivity index is 3.56. The van der Waals surface area contributed by atoms with Crippen molar-refractivity contribution in [3.8, 4) is 0 Å². The lowest BCUT2D eigenvalue weighted by Gasteiger charge is -2.12. The average molecular weight is 703 g/mol. The first-order valence-corrected chi connectivity index (χ1v) is 20.7. The van der Waals surface area contributed by atoms with Crippen LogP contribution in [0.5, 0.6) is 0 Å². The van der Waals surface area contributed by atoms with E-state index in [0.717, 1.165) is 44.4 Å². The van der Waals surface area contributed by atoms with Crippen LogP contribution >= 0.6 is 0 Å². The molecule has 0 amide bonds. The lowest BCUT2D eigenvalue weighted by molar-refractivity contribution is -0.152. The number of aliphatic hydroxyl groups excluding tert-OH is 2. The Morgan fingerprint density at radius 1 is 0.560 bits per heavy atom. The summed E-state index contributed by atoms with van der Waals surface area (Å²) < 4.78 is 10.3. The number of aliphatic hydroxyl groups is 2. The van der Waals surface area contributed by atoms with E-state index in [2.05, 4.69) is 26.8 Å². The van der Waals surface area contributed by atoms with E-state index in [4.69, 9.17) is 9.47 Å². The average Bonchev–Trinajstić information content (AvgIpc) is 3.09. The first-order chi connectivity index (χ1) is 24.3. The quantitative estimate of drug-likeness (QED) is 0.0292. The molecule has 2 N–H and O–H groups in total. The minimum absolute atomic E-state index is 0.149. The highest BCUT2D eigenvalue weighted by atomic mass is 16.6. The van der Waals surface area contributed by atoms with Gasteiger partial charge < -0.3 is 19.7 Å². The Labute approximate surface area is 308 Å². The van der Waals surface area contributed by atoms with Gasteiger partial charge in [-0.1, -0.05) is 179 Å². The summed E-state index contributed by atoms with van der Waals surface area (Å²) in [5.74, 6) is 0.183. The molecule has 6 nitrogen and oxygen atoms in total. The van der Waals surface area contributed by atoms with Crippen LogP contribution in [0.2, 0.25) is 0 Å². The summed E-state index contributed by atoms with van der Waals surface area (Å²) in [7, 11) is 0. The van der Waals surface area contributed by atoms with Crippen molar-refractivity contribution in [2.75, 3.05) is 13.2 Å². The fraction of sp³-hybridized carbons (Fsp3) is 0.773. The normalized spacial score (nSPS) is 13.4. The molecule has 0 fully saturated rings. The van der Waals surface area contributed by atoms with Crippen molar-refractivity contribution < 1.29 is 29.3 Å². The van der Waals surface area contributed by atoms with E-state index in [-0.39, 0.29) is 31.6 Å². The fourth-order valence-electron chi connectivity index (χ4n) is 5.64. The van der Waals surface area contributed by atoms with Gasteiger partial charge in [-0.05, 0) is 50.9 Å². The smallest absolute Gasteiger partial charge is 0.305 e. The van der Waals surface area contributed by atoms with E-state index in [1.54, 1.807) is 0 Å². The maximum atomic E-state index is 12.0. The van der Waals surface area contributed by atoms with Crippen LogP contribution in [0.3, 0.4) is 0 Å². The van der Waals surface area contributed by atoms with E-state index in [0.29, 0.717) is 19.3 Å². The van der Waals surface area contributed by atoms with E-state index in [1.165, 1.54) is 103 Å². The molecule has 50 heavy (non-hydrogen) atoms. The van der Waals surface area contributed by atoms with Gasteiger partial charge in [-0.15, -0.1) is 0 Å². The molecule has 0 aromatic heterocycles. The van der Waals surface area contributed by atoms with Crippen molar-refractivity contribution in [2.45, 2.75) is 200 Å². The molecule has 0 radical (unpaired) electrons. The van der Waals surface area contributed by atoms with Gasteiger partial charge in [-0.3, -0.25) is 9.59 Å². The number of hydrogen-bond donors (Lipinski definition) is 2. The van der Waals surface area contributed by atoms with Crippen molar-refractivity contribution in [3.05, 3.63) is 48.6 Å². The van der Waals surface area contributed by atoms with Crippen LogP contribution in [0.4, 0.5) is 0 Å². The van der Waals surface area contributed by atoms with E-state index < -0.39 is 12.2 Å². The molecule has 0 spiro atoms. The highest BCUT2D eigenvalue weighted by molar-refractivity contribution is 5.69. The second-order valence-electron chi connectivity index (χ2n) is 14.4. The standard InChI is InChI=1S/C44H78O6/c1-4-5-6-7-18-24-29-34-41(45)35-30-25-20-17-22-27-32-37-44(48)50-39-42(46)38-49-43(47)36-31-26-21-16-14-12-10-8-9-11-13-15-19-23-28-33-40(2)3/h17-18,22,24-25,29-30,34,40-42,45-46H,4-16,19-21,23,26-28,31-33,35-39H2,1-3H3/b22-17+,24-18-,30-25-,34-29-/t41-,42+/m1/s1. The first-order valence-electron chi connectivity index (χ1n) is 20.7. The van der Waals surface area contributed by atoms with Gasteiger partial charge in [0.05, 0.1) is 6.10 Å². The summed E-state index contributed by atoms with van der Waals surface area (Å²) in [5, 5.41) is 20.0. The minimum Gasteiger partial charge on any atom is -0.463 e. The van der Waals surface area contributed by atoms with Crippen LogP contribution in [0.15, 0.2) is 48.6 Å². The molecule has 2 atom stereocenters. The van der Waals surface area contributed by atoms with Gasteiger partial charge in [-0.2, -0.15) is 0 Å². The van der Waals surface area contributed by atoms with Crippen molar-refractivity contribution in [3.63, 3.8) is 0 Å². The maximum absolute atomic E-state index is 12.0. The van der Waals surface area contributed by atoms with Gasteiger partial charge in [0, 0.05) is 12.8 Å². The maximum Gasteiger partial charge on any atom is 0.305 e. The van der Waals surface area contributed by atoms with E-state index in [1.807, 2.05) is 42.5 Å². The summed E-state index contributed by atoms with van der Waals surface area (Å²) >= 11 is 0. The number of allylic oxidation sites excluding steroid dienone is 6. The van der Waals surface area contributed by atoms with Gasteiger partial charge >= 0.3 is 11.9 Å². The number of unbranched alkanes of at least 4 members (excludes halogenated alkanes) is 18. The number of rotatable bonds is 36. The molecule has 0 aliphatic heterocycles. The first kappa shape index (κ1) is 47.8. The van der Waals surface area contributed by atoms with Crippen molar-refractivity contribution in [1.82, 2.24) is 0 Å². The summed E-state index contributed by atoms with van der Waals surface area (Å²) in [6.45, 7) is 6.51. The van der Waals surface area contributed by atoms with Crippen LogP contribution in [-0.2, 0) is 19.1 Å². The van der Waals surface area contributed by atoms with Crippen LogP contribution in [0.25, 0.3) is 0 Å². The summed E-state index contributed by atoms with van der Waals surface area (Å²) in [6, 6.07) is 0. The highest BCUT2D eigenvalue weighted by Gasteiger charge is 2.12. The zero-order valence-electron chi connectivity index (χ0n) is 32.7. The third kappa shape index (κ3) is 38.6. The number of esters is 2. The third-order valence-electron chi connectivity index (χ3n) is 8.83. The van der Waals surface area contributed by atoms with E-state index in [9.17, 15) is 19.8 Å². The van der Waals surface area contributed by atoms with Gasteiger partial charge in [0.1, 0.15) is 19.3 Å². The zero-order valence-corrected chi connectivity index (χ0v) is 32.7. The number of carbonyl (C=O) groups excluding carboxylic acids is 2. The molecule has 0 unspecified atom stereocenters. The summed E-state index contributed by atoms with van der Waals surface area (Å²) in [6.07, 6.45) is 43.4. The Morgan fingerprint density at radius 3 is 1.62 bits per heavy atom. The lowest BCUT2D eigenvalue weighted by atomic mass is 10.0. The Kier molecular flexibility index (Phi) is 36.4. The molecule has 6 heteroatoms. The third-order valence-corrected chi connectivity index (χ3v) is 8.83. The van der Waals surface area contributed by atoms with Crippen molar-refractivity contribution in [2.24, 2.45) is 5.92 Å². The second-order valence-corrected chi connectivity index (χ2v) is 14.4. The monoisotopic (exact) mass is 703 g/mol. The molecule has 0 aliphatic carbocycles. The van der Waals surface area contributed by atoms with Gasteiger partial charge in [0.2, 0.25) is 0 Å². The Morgan fingerprint density at radius 2 is 1.06 bits per heavy atom. The lowest BCUT2D eigenvalue weighted by Crippen LogP contribution is -2.25. The molecule has 0 saturated heterocycles. The minimum atomic E-state index is -1.00. The molecular formula is C44H78O6. The van der Waals surface area contributed by atoms with Gasteiger partial charge in [0.15, 0.2) is 0 Å². The van der Waals surface area contributed by atoms with E-state index >= 15 is 0 Å².